The number of hydrogen-bond acceptors (Lipinski definition) is 3. The van der Waals surface area contributed by atoms with Crippen molar-refractivity contribution >= 4 is 30.7 Å². The van der Waals surface area contributed by atoms with E-state index >= 15 is 0 Å². The highest BCUT2D eigenvalue weighted by molar-refractivity contribution is 5.85. The number of hydrogen-bond donors (Lipinski definition) is 2. The van der Waals surface area contributed by atoms with E-state index in [0.29, 0.717) is 6.54 Å². The number of likely N-dealkylation sites (N-methyl/N-ethyl adjacent to an activating group) is 1. The van der Waals surface area contributed by atoms with E-state index < -0.39 is 0 Å². The van der Waals surface area contributed by atoms with E-state index in [1.165, 1.54) is 5.56 Å². The van der Waals surface area contributed by atoms with Crippen LogP contribution in [0, 0.1) is 0 Å². The van der Waals surface area contributed by atoms with Gasteiger partial charge < -0.3 is 10.6 Å². The number of benzene rings is 1. The van der Waals surface area contributed by atoms with Gasteiger partial charge in [0.25, 0.3) is 0 Å². The van der Waals surface area contributed by atoms with Crippen LogP contribution in [0.3, 0.4) is 0 Å². The number of halogens is 2. The Kier molecular flexibility index (Phi) is 11.3. The lowest BCUT2D eigenvalue weighted by Gasteiger charge is -2.23. The molecule has 0 aliphatic carbocycles. The van der Waals surface area contributed by atoms with E-state index in [9.17, 15) is 4.79 Å². The number of nitrogens with zero attached hydrogens (tertiary/aromatic N) is 1. The van der Waals surface area contributed by atoms with Gasteiger partial charge in [-0.3, -0.25) is 9.69 Å². The highest BCUT2D eigenvalue weighted by atomic mass is 35.5. The van der Waals surface area contributed by atoms with E-state index in [2.05, 4.69) is 46.7 Å². The van der Waals surface area contributed by atoms with Crippen molar-refractivity contribution in [2.24, 2.45) is 0 Å². The number of amides is 1. The van der Waals surface area contributed by atoms with Crippen molar-refractivity contribution in [3.63, 3.8) is 0 Å². The van der Waals surface area contributed by atoms with Gasteiger partial charge in [0, 0.05) is 19.6 Å². The third kappa shape index (κ3) is 6.53. The molecule has 0 spiro atoms. The van der Waals surface area contributed by atoms with Gasteiger partial charge in [0.05, 0.1) is 6.04 Å². The zero-order valence-electron chi connectivity index (χ0n) is 13.1. The van der Waals surface area contributed by atoms with Gasteiger partial charge in [0.1, 0.15) is 0 Å². The van der Waals surface area contributed by atoms with Gasteiger partial charge in [0.2, 0.25) is 5.91 Å². The van der Waals surface area contributed by atoms with Crippen LogP contribution < -0.4 is 10.6 Å². The van der Waals surface area contributed by atoms with Crippen molar-refractivity contribution in [3.8, 4) is 0 Å². The first-order chi connectivity index (χ1) is 9.81. The average Bonchev–Trinajstić information content (AvgIpc) is 2.93. The van der Waals surface area contributed by atoms with E-state index in [1.54, 1.807) is 0 Å². The van der Waals surface area contributed by atoms with Crippen molar-refractivity contribution in [1.29, 1.82) is 0 Å². The summed E-state index contributed by atoms with van der Waals surface area (Å²) in [5.74, 6) is 0.177. The summed E-state index contributed by atoms with van der Waals surface area (Å²) in [6, 6.07) is 10.4. The zero-order chi connectivity index (χ0) is 14.2. The Balaban J connectivity index is 0.00000220. The third-order valence-electron chi connectivity index (χ3n) is 3.75. The maximum atomic E-state index is 12.2. The Morgan fingerprint density at radius 3 is 2.64 bits per heavy atom. The normalized spacial score (nSPS) is 17.4. The lowest BCUT2D eigenvalue weighted by molar-refractivity contribution is -0.125. The molecule has 1 heterocycles. The number of rotatable bonds is 7. The van der Waals surface area contributed by atoms with E-state index in [0.717, 1.165) is 39.0 Å². The van der Waals surface area contributed by atoms with E-state index in [-0.39, 0.29) is 36.8 Å². The minimum absolute atomic E-state index is 0. The van der Waals surface area contributed by atoms with Crippen LogP contribution in [0.4, 0.5) is 0 Å². The molecule has 126 valence electrons. The molecule has 2 N–H and O–H groups in total. The minimum Gasteiger partial charge on any atom is -0.353 e. The first-order valence-corrected chi connectivity index (χ1v) is 7.57. The smallest absolute Gasteiger partial charge is 0.237 e. The average molecular weight is 348 g/mol. The number of likely N-dealkylation sites (tertiary alicyclic amines) is 1. The monoisotopic (exact) mass is 347 g/mol. The van der Waals surface area contributed by atoms with E-state index in [4.69, 9.17) is 0 Å². The van der Waals surface area contributed by atoms with Crippen molar-refractivity contribution in [3.05, 3.63) is 35.9 Å². The lowest BCUT2D eigenvalue weighted by Crippen LogP contribution is -2.44. The minimum atomic E-state index is 0. The van der Waals surface area contributed by atoms with Crippen LogP contribution in [-0.4, -0.2) is 43.0 Å². The van der Waals surface area contributed by atoms with Crippen molar-refractivity contribution in [1.82, 2.24) is 15.5 Å². The predicted octanol–water partition coefficient (Wildman–Crippen LogP) is 2.22. The molecule has 1 fully saturated rings. The van der Waals surface area contributed by atoms with Crippen LogP contribution in [0.2, 0.25) is 0 Å². The molecule has 0 saturated carbocycles. The molecule has 1 aliphatic heterocycles. The summed E-state index contributed by atoms with van der Waals surface area (Å²) in [4.78, 5) is 14.5. The molecule has 0 bridgehead atoms. The Morgan fingerprint density at radius 2 is 1.95 bits per heavy atom. The molecule has 0 radical (unpaired) electrons. The zero-order valence-corrected chi connectivity index (χ0v) is 14.7. The highest BCUT2D eigenvalue weighted by Crippen LogP contribution is 2.20. The quantitative estimate of drug-likeness (QED) is 0.743. The van der Waals surface area contributed by atoms with Gasteiger partial charge in [-0.05, 0) is 31.5 Å². The molecule has 4 nitrogen and oxygen atoms in total. The molecule has 0 aromatic heterocycles. The number of carbonyl (C=O) groups is 1. The Morgan fingerprint density at radius 1 is 1.23 bits per heavy atom. The molecule has 1 aliphatic rings. The molecule has 2 rings (SSSR count). The van der Waals surface area contributed by atoms with Crippen molar-refractivity contribution < 1.29 is 4.79 Å². The second kappa shape index (κ2) is 11.7. The maximum absolute atomic E-state index is 12.2. The second-order valence-electron chi connectivity index (χ2n) is 5.26. The lowest BCUT2D eigenvalue weighted by atomic mass is 10.1. The summed E-state index contributed by atoms with van der Waals surface area (Å²) in [6.07, 6.45) is 2.08. The Labute approximate surface area is 145 Å². The van der Waals surface area contributed by atoms with Crippen LogP contribution in [0.15, 0.2) is 30.3 Å². The fourth-order valence-electron chi connectivity index (χ4n) is 2.70. The maximum Gasteiger partial charge on any atom is 0.237 e. The number of carbonyl (C=O) groups excluding carboxylic acids is 1. The summed E-state index contributed by atoms with van der Waals surface area (Å²) >= 11 is 0. The molecule has 6 heteroatoms. The van der Waals surface area contributed by atoms with Crippen LogP contribution in [0.5, 0.6) is 0 Å². The summed E-state index contributed by atoms with van der Waals surface area (Å²) in [7, 11) is 0. The van der Waals surface area contributed by atoms with Gasteiger partial charge in [-0.1, -0.05) is 37.3 Å². The van der Waals surface area contributed by atoms with Gasteiger partial charge in [0.15, 0.2) is 0 Å². The first-order valence-electron chi connectivity index (χ1n) is 7.57. The molecule has 1 amide bonds. The molecule has 1 aromatic carbocycles. The first kappa shape index (κ1) is 21.2. The van der Waals surface area contributed by atoms with Crippen molar-refractivity contribution in [2.75, 3.05) is 26.2 Å². The molecule has 1 atom stereocenters. The fourth-order valence-corrected chi connectivity index (χ4v) is 2.70. The molecule has 1 saturated heterocycles. The molecular weight excluding hydrogens is 321 g/mol. The molecule has 1 unspecified atom stereocenters. The highest BCUT2D eigenvalue weighted by Gasteiger charge is 2.30. The van der Waals surface area contributed by atoms with Crippen LogP contribution in [-0.2, 0) is 11.3 Å². The standard InChI is InChI=1S/C16H25N3O.2ClH/c1-2-17-10-11-18-16(20)15-9-6-12-19(15)13-14-7-4-3-5-8-14;;/h3-5,7-8,15,17H,2,6,9-13H2,1H3,(H,18,20);2*1H. The van der Waals surface area contributed by atoms with E-state index in [1.807, 2.05) is 6.07 Å². The Hall–Kier alpha value is -0.810. The van der Waals surface area contributed by atoms with Crippen LogP contribution in [0.1, 0.15) is 25.3 Å². The SMILES string of the molecule is CCNCCNC(=O)C1CCCN1Cc1ccccc1.Cl.Cl. The van der Waals surface area contributed by atoms with Crippen LogP contribution in [0.25, 0.3) is 0 Å². The molecule has 22 heavy (non-hydrogen) atoms. The summed E-state index contributed by atoms with van der Waals surface area (Å²) in [5.41, 5.74) is 1.28. The summed E-state index contributed by atoms with van der Waals surface area (Å²) < 4.78 is 0. The Bertz CT molecular complexity index is 417. The second-order valence-corrected chi connectivity index (χ2v) is 5.26. The largest absolute Gasteiger partial charge is 0.353 e. The predicted molar refractivity (Wildman–Crippen MR) is 95.9 cm³/mol. The molecular formula is C16H27Cl2N3O. The van der Waals surface area contributed by atoms with Gasteiger partial charge in [-0.25, -0.2) is 0 Å². The van der Waals surface area contributed by atoms with Gasteiger partial charge in [-0.2, -0.15) is 0 Å². The fraction of sp³-hybridized carbons (Fsp3) is 0.562. The number of nitrogens with one attached hydrogen (secondary N) is 2. The topological polar surface area (TPSA) is 44.4 Å². The van der Waals surface area contributed by atoms with Gasteiger partial charge in [-0.15, -0.1) is 24.8 Å². The summed E-state index contributed by atoms with van der Waals surface area (Å²) in [6.45, 7) is 6.45. The van der Waals surface area contributed by atoms with Crippen LogP contribution >= 0.6 is 24.8 Å². The molecule has 1 aromatic rings. The summed E-state index contributed by atoms with van der Waals surface area (Å²) in [5, 5.41) is 6.25. The third-order valence-corrected chi connectivity index (χ3v) is 3.75. The van der Waals surface area contributed by atoms with Crippen molar-refractivity contribution in [2.45, 2.75) is 32.4 Å². The van der Waals surface area contributed by atoms with Gasteiger partial charge >= 0.3 is 0 Å².